The molecule has 0 aliphatic heterocycles. The second-order valence-corrected chi connectivity index (χ2v) is 7.40. The second kappa shape index (κ2) is 4.96. The number of aryl methyl sites for hydroxylation is 2. The Balaban J connectivity index is 2.47. The van der Waals surface area contributed by atoms with E-state index >= 15 is 0 Å². The maximum atomic E-state index is 12.4. The lowest BCUT2D eigenvalue weighted by atomic mass is 10.1. The Morgan fingerprint density at radius 3 is 2.42 bits per heavy atom. The molecule has 0 spiro atoms. The van der Waals surface area contributed by atoms with E-state index in [4.69, 9.17) is 5.11 Å². The number of benzene rings is 1. The average Bonchev–Trinajstić information content (AvgIpc) is 2.73. The fourth-order valence-corrected chi connectivity index (χ4v) is 4.49. The van der Waals surface area contributed by atoms with Crippen LogP contribution in [0.1, 0.15) is 31.4 Å². The highest BCUT2D eigenvalue weighted by Crippen LogP contribution is 2.28. The molecule has 1 aliphatic rings. The van der Waals surface area contributed by atoms with E-state index in [0.717, 1.165) is 24.8 Å². The summed E-state index contributed by atoms with van der Waals surface area (Å²) in [4.78, 5) is 11.3. The molecule has 0 saturated heterocycles. The minimum Gasteiger partial charge on any atom is -0.480 e. The molecule has 0 radical (unpaired) electrons. The molecule has 5 heteroatoms. The van der Waals surface area contributed by atoms with Crippen LogP contribution in [0.5, 0.6) is 0 Å². The van der Waals surface area contributed by atoms with Crippen LogP contribution in [0, 0.1) is 5.92 Å². The summed E-state index contributed by atoms with van der Waals surface area (Å²) < 4.78 is 24.9. The zero-order valence-electron chi connectivity index (χ0n) is 11.1. The number of fused-ring (bicyclic) bond motifs is 1. The third-order valence-corrected chi connectivity index (χ3v) is 5.91. The van der Waals surface area contributed by atoms with E-state index in [1.54, 1.807) is 19.9 Å². The van der Waals surface area contributed by atoms with Gasteiger partial charge < -0.3 is 5.11 Å². The monoisotopic (exact) mass is 282 g/mol. The summed E-state index contributed by atoms with van der Waals surface area (Å²) in [5, 5.41) is 7.77. The molecule has 0 heterocycles. The first kappa shape index (κ1) is 14.1. The lowest BCUT2D eigenvalue weighted by Crippen LogP contribution is -2.35. The fraction of sp³-hybridized carbons (Fsp3) is 0.500. The van der Waals surface area contributed by atoms with E-state index in [9.17, 15) is 13.2 Å². The van der Waals surface area contributed by atoms with Crippen molar-refractivity contribution in [2.24, 2.45) is 5.92 Å². The summed E-state index contributed by atoms with van der Waals surface area (Å²) in [5.74, 6) is -1.74. The number of hydrogen-bond donors (Lipinski definition) is 1. The molecule has 1 aromatic carbocycles. The molecule has 4 nitrogen and oxygen atoms in total. The lowest BCUT2D eigenvalue weighted by Gasteiger charge is -2.17. The van der Waals surface area contributed by atoms with Crippen molar-refractivity contribution >= 4 is 15.8 Å². The van der Waals surface area contributed by atoms with Crippen molar-refractivity contribution in [3.8, 4) is 0 Å². The summed E-state index contributed by atoms with van der Waals surface area (Å²) >= 11 is 0. The molecule has 1 aliphatic carbocycles. The average molecular weight is 282 g/mol. The summed E-state index contributed by atoms with van der Waals surface area (Å²) in [6, 6.07) is 5.00. The van der Waals surface area contributed by atoms with Gasteiger partial charge in [-0.2, -0.15) is 0 Å². The number of carboxylic acids is 1. The highest BCUT2D eigenvalue weighted by molar-refractivity contribution is 7.92. The normalized spacial score (nSPS) is 16.4. The zero-order valence-corrected chi connectivity index (χ0v) is 11.9. The molecule has 1 aromatic rings. The Kier molecular flexibility index (Phi) is 3.67. The molecule has 1 unspecified atom stereocenters. The maximum absolute atomic E-state index is 12.4. The first-order valence-electron chi connectivity index (χ1n) is 6.42. The lowest BCUT2D eigenvalue weighted by molar-refractivity contribution is -0.137. The van der Waals surface area contributed by atoms with Crippen molar-refractivity contribution in [1.29, 1.82) is 0 Å². The van der Waals surface area contributed by atoms with Crippen LogP contribution in [-0.2, 0) is 27.5 Å². The molecule has 0 saturated carbocycles. The molecular weight excluding hydrogens is 264 g/mol. The van der Waals surface area contributed by atoms with Crippen LogP contribution in [0.4, 0.5) is 0 Å². The Hall–Kier alpha value is -1.36. The minimum absolute atomic E-state index is 0.134. The number of aliphatic carboxylic acids is 1. The van der Waals surface area contributed by atoms with Crippen molar-refractivity contribution in [2.75, 3.05) is 0 Å². The van der Waals surface area contributed by atoms with E-state index in [1.165, 1.54) is 11.6 Å². The van der Waals surface area contributed by atoms with Gasteiger partial charge in [0.05, 0.1) is 4.90 Å². The van der Waals surface area contributed by atoms with Crippen LogP contribution in [0.2, 0.25) is 0 Å². The number of hydrogen-bond acceptors (Lipinski definition) is 3. The Morgan fingerprint density at radius 2 is 1.84 bits per heavy atom. The van der Waals surface area contributed by atoms with Crippen molar-refractivity contribution in [3.05, 3.63) is 29.3 Å². The minimum atomic E-state index is -3.82. The molecule has 104 valence electrons. The Bertz CT molecular complexity index is 602. The van der Waals surface area contributed by atoms with Gasteiger partial charge in [-0.3, -0.25) is 4.79 Å². The van der Waals surface area contributed by atoms with Crippen LogP contribution in [0.25, 0.3) is 0 Å². The highest BCUT2D eigenvalue weighted by atomic mass is 32.2. The van der Waals surface area contributed by atoms with Crippen molar-refractivity contribution < 1.29 is 18.3 Å². The highest BCUT2D eigenvalue weighted by Gasteiger charge is 2.37. The zero-order chi connectivity index (χ0) is 14.2. The number of rotatable bonds is 4. The van der Waals surface area contributed by atoms with Gasteiger partial charge in [0.1, 0.15) is 0 Å². The molecule has 2 rings (SSSR count). The Labute approximate surface area is 113 Å². The summed E-state index contributed by atoms with van der Waals surface area (Å²) in [7, 11) is -3.82. The second-order valence-electron chi connectivity index (χ2n) is 5.33. The summed E-state index contributed by atoms with van der Waals surface area (Å²) in [6.45, 7) is 3.23. The fourth-order valence-electron chi connectivity index (χ4n) is 2.65. The third-order valence-electron chi connectivity index (χ3n) is 3.58. The van der Waals surface area contributed by atoms with Crippen LogP contribution >= 0.6 is 0 Å². The number of carboxylic acid groups (broad SMARTS) is 1. The van der Waals surface area contributed by atoms with Crippen LogP contribution < -0.4 is 0 Å². The first-order valence-corrected chi connectivity index (χ1v) is 7.97. The van der Waals surface area contributed by atoms with Gasteiger partial charge in [-0.1, -0.05) is 19.9 Å². The molecule has 0 bridgehead atoms. The van der Waals surface area contributed by atoms with Gasteiger partial charge in [-0.05, 0) is 48.4 Å². The largest absolute Gasteiger partial charge is 0.480 e. The predicted molar refractivity (Wildman–Crippen MR) is 71.9 cm³/mol. The number of sulfone groups is 1. The van der Waals surface area contributed by atoms with Gasteiger partial charge >= 0.3 is 5.97 Å². The molecule has 1 atom stereocenters. The molecule has 0 aromatic heterocycles. The quantitative estimate of drug-likeness (QED) is 0.917. The maximum Gasteiger partial charge on any atom is 0.322 e. The van der Waals surface area contributed by atoms with E-state index < -0.39 is 27.0 Å². The SMILES string of the molecule is CC(C)C(C(=O)O)S(=O)(=O)c1ccc2c(c1)CCC2. The van der Waals surface area contributed by atoms with Gasteiger partial charge in [-0.25, -0.2) is 8.42 Å². The first-order chi connectivity index (χ1) is 8.84. The van der Waals surface area contributed by atoms with Crippen molar-refractivity contribution in [2.45, 2.75) is 43.3 Å². The summed E-state index contributed by atoms with van der Waals surface area (Å²) in [6.07, 6.45) is 2.88. The Morgan fingerprint density at radius 1 is 1.21 bits per heavy atom. The topological polar surface area (TPSA) is 71.4 Å². The van der Waals surface area contributed by atoms with Crippen LogP contribution in [-0.4, -0.2) is 24.7 Å². The van der Waals surface area contributed by atoms with Gasteiger partial charge in [0, 0.05) is 0 Å². The van der Waals surface area contributed by atoms with E-state index in [1.807, 2.05) is 6.07 Å². The molecular formula is C14H18O4S. The molecule has 0 amide bonds. The molecule has 1 N–H and O–H groups in total. The van der Waals surface area contributed by atoms with Crippen LogP contribution in [0.3, 0.4) is 0 Å². The molecule has 0 fully saturated rings. The van der Waals surface area contributed by atoms with Crippen molar-refractivity contribution in [3.63, 3.8) is 0 Å². The van der Waals surface area contributed by atoms with Gasteiger partial charge in [0.15, 0.2) is 15.1 Å². The van der Waals surface area contributed by atoms with Gasteiger partial charge in [-0.15, -0.1) is 0 Å². The smallest absolute Gasteiger partial charge is 0.322 e. The van der Waals surface area contributed by atoms with E-state index in [0.29, 0.717) is 0 Å². The van der Waals surface area contributed by atoms with Gasteiger partial charge in [0.2, 0.25) is 0 Å². The van der Waals surface area contributed by atoms with Gasteiger partial charge in [0.25, 0.3) is 0 Å². The van der Waals surface area contributed by atoms with E-state index in [2.05, 4.69) is 0 Å². The standard InChI is InChI=1S/C14H18O4S/c1-9(2)13(14(15)16)19(17,18)12-7-6-10-4-3-5-11(10)8-12/h6-9,13H,3-5H2,1-2H3,(H,15,16). The third kappa shape index (κ3) is 2.52. The van der Waals surface area contributed by atoms with Crippen molar-refractivity contribution in [1.82, 2.24) is 0 Å². The number of carbonyl (C=O) groups is 1. The van der Waals surface area contributed by atoms with E-state index in [-0.39, 0.29) is 4.90 Å². The molecule has 19 heavy (non-hydrogen) atoms. The summed E-state index contributed by atoms with van der Waals surface area (Å²) in [5.41, 5.74) is 2.21. The predicted octanol–water partition coefficient (Wildman–Crippen LogP) is 2.06. The van der Waals surface area contributed by atoms with Crippen LogP contribution in [0.15, 0.2) is 23.1 Å².